The van der Waals surface area contributed by atoms with Crippen molar-refractivity contribution in [1.82, 2.24) is 9.88 Å². The normalized spacial score (nSPS) is 25.1. The fourth-order valence-electron chi connectivity index (χ4n) is 4.74. The first-order chi connectivity index (χ1) is 16.3. The zero-order chi connectivity index (χ0) is 24.3. The summed E-state index contributed by atoms with van der Waals surface area (Å²) in [6, 6.07) is 11.6. The molecule has 0 saturated carbocycles. The number of hydrogen-bond donors (Lipinski definition) is 1. The standard InChI is InChI=1S/C27H34N4O3/c1-18-11-12-20(34-25-24(27(3,4)33)10-7-13-30-25)17-31(18)26(32)22-9-6-5-8-21(22)23-16-28-14-15-29-19(23)2/h5-10,13-15,18-20,23,33H,11-12,16-17H2,1-4H3. The van der Waals surface area contributed by atoms with Crippen LogP contribution >= 0.6 is 0 Å². The molecule has 1 fully saturated rings. The van der Waals surface area contributed by atoms with Gasteiger partial charge in [-0.15, -0.1) is 0 Å². The number of aromatic nitrogens is 1. The highest BCUT2D eigenvalue weighted by Crippen LogP contribution is 2.32. The molecule has 1 amide bonds. The molecule has 0 bridgehead atoms. The van der Waals surface area contributed by atoms with Gasteiger partial charge >= 0.3 is 0 Å². The van der Waals surface area contributed by atoms with Crippen LogP contribution in [-0.4, -0.2) is 64.6 Å². The number of likely N-dealkylation sites (tertiary alicyclic amines) is 1. The summed E-state index contributed by atoms with van der Waals surface area (Å²) in [5, 5.41) is 10.5. The highest BCUT2D eigenvalue weighted by Gasteiger charge is 2.34. The van der Waals surface area contributed by atoms with Crippen LogP contribution in [0.25, 0.3) is 0 Å². The summed E-state index contributed by atoms with van der Waals surface area (Å²) in [4.78, 5) is 29.1. The summed E-state index contributed by atoms with van der Waals surface area (Å²) in [5.41, 5.74) is 1.26. The average molecular weight is 463 g/mol. The van der Waals surface area contributed by atoms with Gasteiger partial charge in [0.05, 0.1) is 18.2 Å². The number of aliphatic imine (C=N–C) groups is 2. The van der Waals surface area contributed by atoms with E-state index in [2.05, 4.69) is 28.8 Å². The predicted octanol–water partition coefficient (Wildman–Crippen LogP) is 4.01. The maximum atomic E-state index is 13.8. The second-order valence-electron chi connectivity index (χ2n) is 9.79. The van der Waals surface area contributed by atoms with E-state index in [0.29, 0.717) is 30.1 Å². The van der Waals surface area contributed by atoms with Crippen molar-refractivity contribution in [3.05, 3.63) is 59.3 Å². The quantitative estimate of drug-likeness (QED) is 0.727. The van der Waals surface area contributed by atoms with E-state index < -0.39 is 5.60 Å². The predicted molar refractivity (Wildman–Crippen MR) is 134 cm³/mol. The molecule has 1 aromatic carbocycles. The number of nitrogens with zero attached hydrogens (tertiary/aromatic N) is 4. The number of carbonyl (C=O) groups is 1. The lowest BCUT2D eigenvalue weighted by molar-refractivity contribution is 0.0325. The van der Waals surface area contributed by atoms with Gasteiger partial charge in [0, 0.05) is 48.3 Å². The Morgan fingerprint density at radius 2 is 1.91 bits per heavy atom. The molecule has 180 valence electrons. The third kappa shape index (κ3) is 5.20. The Morgan fingerprint density at radius 3 is 2.71 bits per heavy atom. The monoisotopic (exact) mass is 462 g/mol. The number of benzene rings is 1. The fourth-order valence-corrected chi connectivity index (χ4v) is 4.74. The van der Waals surface area contributed by atoms with E-state index in [1.807, 2.05) is 35.2 Å². The molecule has 7 nitrogen and oxygen atoms in total. The molecule has 1 saturated heterocycles. The summed E-state index contributed by atoms with van der Waals surface area (Å²) in [7, 11) is 0. The average Bonchev–Trinajstić information content (AvgIpc) is 3.03. The molecule has 7 heteroatoms. The second kappa shape index (κ2) is 10.1. The fraction of sp³-hybridized carbons (Fsp3) is 0.481. The van der Waals surface area contributed by atoms with Crippen molar-refractivity contribution in [1.29, 1.82) is 0 Å². The lowest BCUT2D eigenvalue weighted by atomic mass is 9.88. The van der Waals surface area contributed by atoms with Crippen LogP contribution in [0.4, 0.5) is 0 Å². The van der Waals surface area contributed by atoms with Crippen molar-refractivity contribution >= 4 is 18.3 Å². The molecular weight excluding hydrogens is 428 g/mol. The lowest BCUT2D eigenvalue weighted by Gasteiger charge is -2.38. The number of carbonyl (C=O) groups excluding carboxylic acids is 1. The number of aliphatic hydroxyl groups is 1. The molecule has 34 heavy (non-hydrogen) atoms. The molecule has 1 aromatic heterocycles. The maximum Gasteiger partial charge on any atom is 0.254 e. The number of rotatable bonds is 5. The largest absolute Gasteiger partial charge is 0.472 e. The van der Waals surface area contributed by atoms with Gasteiger partial charge in [0.15, 0.2) is 0 Å². The summed E-state index contributed by atoms with van der Waals surface area (Å²) >= 11 is 0. The van der Waals surface area contributed by atoms with Gasteiger partial charge < -0.3 is 14.7 Å². The highest BCUT2D eigenvalue weighted by molar-refractivity contribution is 6.16. The molecule has 2 aromatic rings. The minimum Gasteiger partial charge on any atom is -0.472 e. The zero-order valence-electron chi connectivity index (χ0n) is 20.4. The van der Waals surface area contributed by atoms with E-state index in [0.717, 1.165) is 18.4 Å². The van der Waals surface area contributed by atoms with Gasteiger partial charge in [-0.2, -0.15) is 0 Å². The van der Waals surface area contributed by atoms with E-state index in [1.54, 1.807) is 38.5 Å². The summed E-state index contributed by atoms with van der Waals surface area (Å²) in [5.74, 6) is 0.472. The number of ether oxygens (including phenoxy) is 1. The Morgan fingerprint density at radius 1 is 1.12 bits per heavy atom. The van der Waals surface area contributed by atoms with E-state index in [9.17, 15) is 9.90 Å². The number of piperidine rings is 1. The van der Waals surface area contributed by atoms with Gasteiger partial charge in [0.25, 0.3) is 5.91 Å². The van der Waals surface area contributed by atoms with Crippen LogP contribution in [0.2, 0.25) is 0 Å². The van der Waals surface area contributed by atoms with Crippen LogP contribution in [-0.2, 0) is 5.60 Å². The van der Waals surface area contributed by atoms with Crippen LogP contribution in [0.15, 0.2) is 52.6 Å². The van der Waals surface area contributed by atoms with Gasteiger partial charge in [-0.3, -0.25) is 14.8 Å². The van der Waals surface area contributed by atoms with E-state index in [4.69, 9.17) is 4.74 Å². The molecule has 2 aliphatic heterocycles. The molecule has 4 atom stereocenters. The Hall–Kier alpha value is -3.06. The molecule has 4 unspecified atom stereocenters. The minimum atomic E-state index is -1.07. The van der Waals surface area contributed by atoms with Crippen molar-refractivity contribution in [3.8, 4) is 5.88 Å². The van der Waals surface area contributed by atoms with E-state index in [1.165, 1.54) is 0 Å². The molecule has 4 rings (SSSR count). The first kappa shape index (κ1) is 24.1. The van der Waals surface area contributed by atoms with E-state index >= 15 is 0 Å². The first-order valence-electron chi connectivity index (χ1n) is 12.0. The van der Waals surface area contributed by atoms with Crippen molar-refractivity contribution in [2.75, 3.05) is 13.1 Å². The molecule has 2 aliphatic rings. The summed E-state index contributed by atoms with van der Waals surface area (Å²) in [6.45, 7) is 8.66. The third-order valence-electron chi connectivity index (χ3n) is 6.78. The third-order valence-corrected chi connectivity index (χ3v) is 6.78. The Bertz CT molecular complexity index is 1080. The second-order valence-corrected chi connectivity index (χ2v) is 9.79. The summed E-state index contributed by atoms with van der Waals surface area (Å²) < 4.78 is 6.25. The first-order valence-corrected chi connectivity index (χ1v) is 12.0. The van der Waals surface area contributed by atoms with Crippen molar-refractivity contribution in [2.45, 2.75) is 70.2 Å². The molecular formula is C27H34N4O3. The Labute approximate surface area is 201 Å². The smallest absolute Gasteiger partial charge is 0.254 e. The Kier molecular flexibility index (Phi) is 7.12. The SMILES string of the molecule is CC1N=CC=NCC1c1ccccc1C(=O)N1CC(Oc2ncccc2C(C)(C)O)CCC1C. The van der Waals surface area contributed by atoms with Crippen LogP contribution in [0.3, 0.4) is 0 Å². The van der Waals surface area contributed by atoms with Crippen molar-refractivity contribution in [3.63, 3.8) is 0 Å². The molecule has 1 N–H and O–H groups in total. The van der Waals surface area contributed by atoms with Gasteiger partial charge in [0.2, 0.25) is 5.88 Å². The Balaban J connectivity index is 1.57. The number of amides is 1. The van der Waals surface area contributed by atoms with Crippen LogP contribution in [0.5, 0.6) is 5.88 Å². The van der Waals surface area contributed by atoms with Crippen LogP contribution < -0.4 is 4.74 Å². The van der Waals surface area contributed by atoms with Gasteiger partial charge in [-0.1, -0.05) is 18.2 Å². The van der Waals surface area contributed by atoms with Gasteiger partial charge in [-0.05, 0) is 64.3 Å². The van der Waals surface area contributed by atoms with Crippen molar-refractivity contribution in [2.24, 2.45) is 9.98 Å². The molecule has 3 heterocycles. The molecule has 0 spiro atoms. The minimum absolute atomic E-state index is 0.00420. The van der Waals surface area contributed by atoms with Crippen molar-refractivity contribution < 1.29 is 14.6 Å². The number of hydrogen-bond acceptors (Lipinski definition) is 6. The topological polar surface area (TPSA) is 87.4 Å². The molecule has 0 radical (unpaired) electrons. The zero-order valence-corrected chi connectivity index (χ0v) is 20.4. The van der Waals surface area contributed by atoms with Gasteiger partial charge in [-0.25, -0.2) is 4.98 Å². The van der Waals surface area contributed by atoms with E-state index in [-0.39, 0.29) is 30.0 Å². The number of pyridine rings is 1. The maximum absolute atomic E-state index is 13.8. The van der Waals surface area contributed by atoms with Gasteiger partial charge in [0.1, 0.15) is 6.10 Å². The lowest BCUT2D eigenvalue weighted by Crippen LogP contribution is -2.49. The summed E-state index contributed by atoms with van der Waals surface area (Å²) in [6.07, 6.45) is 6.58. The molecule has 0 aliphatic carbocycles. The highest BCUT2D eigenvalue weighted by atomic mass is 16.5. The van der Waals surface area contributed by atoms with Crippen LogP contribution in [0.1, 0.15) is 67.9 Å². The van der Waals surface area contributed by atoms with Crippen LogP contribution in [0, 0.1) is 0 Å².